The van der Waals surface area contributed by atoms with Crippen molar-refractivity contribution < 1.29 is 19.4 Å². The third kappa shape index (κ3) is 5.90. The number of carboxylic acid groups (broad SMARTS) is 1. The molecule has 2 rings (SSSR count). The number of amides is 1. The zero-order valence-corrected chi connectivity index (χ0v) is 15.5. The second kappa shape index (κ2) is 8.67. The Bertz CT molecular complexity index is 767. The van der Waals surface area contributed by atoms with Gasteiger partial charge in [0.15, 0.2) is 6.61 Å². The molecule has 1 amide bonds. The van der Waals surface area contributed by atoms with Gasteiger partial charge in [-0.25, -0.2) is 4.79 Å². The minimum Gasteiger partial charge on any atom is -0.482 e. The van der Waals surface area contributed by atoms with Gasteiger partial charge in [-0.1, -0.05) is 0 Å². The molecule has 134 valence electrons. The average molecular weight is 361 g/mol. The summed E-state index contributed by atoms with van der Waals surface area (Å²) in [5.41, 5.74) is 2.88. The van der Waals surface area contributed by atoms with Crippen molar-refractivity contribution in [1.82, 2.24) is 0 Å². The van der Waals surface area contributed by atoms with Crippen LogP contribution in [0.5, 0.6) is 5.75 Å². The minimum atomic E-state index is -1.02. The van der Waals surface area contributed by atoms with Crippen LogP contribution in [0.15, 0.2) is 24.3 Å². The fourth-order valence-corrected chi connectivity index (χ4v) is 3.57. The predicted octanol–water partition coefficient (Wildman–Crippen LogP) is 4.10. The summed E-state index contributed by atoms with van der Waals surface area (Å²) in [6.45, 7) is 5.68. The minimum absolute atomic E-state index is 0.0214. The Morgan fingerprint density at radius 2 is 1.96 bits per heavy atom. The van der Waals surface area contributed by atoms with Crippen LogP contribution >= 0.6 is 11.3 Å². The number of carboxylic acids is 1. The van der Waals surface area contributed by atoms with E-state index in [-0.39, 0.29) is 12.5 Å². The molecule has 2 N–H and O–H groups in total. The summed E-state index contributed by atoms with van der Waals surface area (Å²) in [5.74, 6) is -0.570. The van der Waals surface area contributed by atoms with E-state index in [1.807, 2.05) is 6.92 Å². The summed E-state index contributed by atoms with van der Waals surface area (Å²) in [5, 5.41) is 11.5. The average Bonchev–Trinajstić information content (AvgIpc) is 2.85. The van der Waals surface area contributed by atoms with Gasteiger partial charge in [0.25, 0.3) is 0 Å². The molecule has 0 bridgehead atoms. The third-order valence-corrected chi connectivity index (χ3v) is 4.84. The van der Waals surface area contributed by atoms with Gasteiger partial charge >= 0.3 is 5.97 Å². The van der Waals surface area contributed by atoms with Crippen LogP contribution in [0.25, 0.3) is 0 Å². The molecule has 2 aromatic rings. The second-order valence-corrected chi connectivity index (χ2v) is 7.46. The highest BCUT2D eigenvalue weighted by Crippen LogP contribution is 2.23. The standard InChI is InChI=1S/C19H23NO4S/c1-12-9-16(24-11-19(22)23)7-8-17(12)20-18(21)6-4-5-15-10-13(2)25-14(15)3/h7-10H,4-6,11H2,1-3H3,(H,20,21)(H,22,23). The van der Waals surface area contributed by atoms with E-state index in [0.717, 1.165) is 24.1 Å². The van der Waals surface area contributed by atoms with Crippen LogP contribution in [0.3, 0.4) is 0 Å². The molecule has 5 nitrogen and oxygen atoms in total. The molecule has 0 radical (unpaired) electrons. The highest BCUT2D eigenvalue weighted by molar-refractivity contribution is 7.12. The van der Waals surface area contributed by atoms with Crippen LogP contribution in [0.1, 0.15) is 33.7 Å². The molecule has 0 fully saturated rings. The largest absolute Gasteiger partial charge is 0.482 e. The van der Waals surface area contributed by atoms with Crippen LogP contribution < -0.4 is 10.1 Å². The summed E-state index contributed by atoms with van der Waals surface area (Å²) in [6.07, 6.45) is 2.18. The van der Waals surface area contributed by atoms with Gasteiger partial charge in [-0.15, -0.1) is 11.3 Å². The quantitative estimate of drug-likeness (QED) is 0.742. The lowest BCUT2D eigenvalue weighted by atomic mass is 10.1. The topological polar surface area (TPSA) is 75.6 Å². The monoisotopic (exact) mass is 361 g/mol. The van der Waals surface area contributed by atoms with E-state index in [0.29, 0.717) is 12.2 Å². The fraction of sp³-hybridized carbons (Fsp3) is 0.368. The molecule has 1 aromatic carbocycles. The molecule has 0 atom stereocenters. The summed E-state index contributed by atoms with van der Waals surface area (Å²) in [4.78, 5) is 25.3. The van der Waals surface area contributed by atoms with Crippen LogP contribution in [0, 0.1) is 20.8 Å². The molecule has 25 heavy (non-hydrogen) atoms. The van der Waals surface area contributed by atoms with Gasteiger partial charge in [0.05, 0.1) is 0 Å². The van der Waals surface area contributed by atoms with Gasteiger partial charge in [0.2, 0.25) is 5.91 Å². The first-order valence-electron chi connectivity index (χ1n) is 8.16. The molecule has 0 unspecified atom stereocenters. The summed E-state index contributed by atoms with van der Waals surface area (Å²) >= 11 is 1.79. The van der Waals surface area contributed by atoms with Crippen molar-refractivity contribution in [3.05, 3.63) is 45.1 Å². The number of anilines is 1. The number of aliphatic carboxylic acids is 1. The summed E-state index contributed by atoms with van der Waals surface area (Å²) < 4.78 is 5.12. The molecule has 0 aliphatic rings. The number of benzene rings is 1. The highest BCUT2D eigenvalue weighted by atomic mass is 32.1. The maximum absolute atomic E-state index is 12.1. The normalized spacial score (nSPS) is 10.5. The van der Waals surface area contributed by atoms with Crippen molar-refractivity contribution in [2.45, 2.75) is 40.0 Å². The van der Waals surface area contributed by atoms with E-state index in [1.54, 1.807) is 29.5 Å². The molecule has 0 aliphatic heterocycles. The zero-order chi connectivity index (χ0) is 18.4. The van der Waals surface area contributed by atoms with Crippen molar-refractivity contribution in [1.29, 1.82) is 0 Å². The number of ether oxygens (including phenoxy) is 1. The Hall–Kier alpha value is -2.34. The Morgan fingerprint density at radius 1 is 1.20 bits per heavy atom. The number of hydrogen-bond donors (Lipinski definition) is 2. The number of carbonyl (C=O) groups is 2. The van der Waals surface area contributed by atoms with Gasteiger partial charge in [0.1, 0.15) is 5.75 Å². The first-order chi connectivity index (χ1) is 11.8. The lowest BCUT2D eigenvalue weighted by molar-refractivity contribution is -0.139. The maximum atomic E-state index is 12.1. The van der Waals surface area contributed by atoms with Gasteiger partial charge in [-0.2, -0.15) is 0 Å². The molecule has 1 heterocycles. The summed E-state index contributed by atoms with van der Waals surface area (Å²) in [7, 11) is 0. The SMILES string of the molecule is Cc1cc(CCCC(=O)Nc2ccc(OCC(=O)O)cc2C)c(C)s1. The Balaban J connectivity index is 1.83. The second-order valence-electron chi connectivity index (χ2n) is 6.00. The first-order valence-corrected chi connectivity index (χ1v) is 8.98. The lowest BCUT2D eigenvalue weighted by Crippen LogP contribution is -2.13. The van der Waals surface area contributed by atoms with Gasteiger partial charge in [0, 0.05) is 21.9 Å². The lowest BCUT2D eigenvalue weighted by Gasteiger charge is -2.10. The number of rotatable bonds is 8. The van der Waals surface area contributed by atoms with E-state index in [9.17, 15) is 9.59 Å². The van der Waals surface area contributed by atoms with Crippen molar-refractivity contribution >= 4 is 28.9 Å². The smallest absolute Gasteiger partial charge is 0.341 e. The zero-order valence-electron chi connectivity index (χ0n) is 14.7. The Labute approximate surface area is 151 Å². The maximum Gasteiger partial charge on any atom is 0.341 e. The van der Waals surface area contributed by atoms with E-state index in [2.05, 4.69) is 25.2 Å². The van der Waals surface area contributed by atoms with E-state index in [4.69, 9.17) is 9.84 Å². The van der Waals surface area contributed by atoms with Crippen LogP contribution in [-0.2, 0) is 16.0 Å². The molecular weight excluding hydrogens is 338 g/mol. The molecule has 0 saturated carbocycles. The first kappa shape index (κ1) is 19.0. The summed E-state index contributed by atoms with van der Waals surface area (Å²) in [6, 6.07) is 7.30. The number of hydrogen-bond acceptors (Lipinski definition) is 4. The fourth-order valence-electron chi connectivity index (χ4n) is 2.60. The van der Waals surface area contributed by atoms with Crippen molar-refractivity contribution in [2.75, 3.05) is 11.9 Å². The molecular formula is C19H23NO4S. The van der Waals surface area contributed by atoms with Crippen molar-refractivity contribution in [2.24, 2.45) is 0 Å². The number of nitrogens with one attached hydrogen (secondary N) is 1. The number of aryl methyl sites for hydroxylation is 4. The molecule has 0 saturated heterocycles. The van der Waals surface area contributed by atoms with Crippen molar-refractivity contribution in [3.8, 4) is 5.75 Å². The molecule has 6 heteroatoms. The predicted molar refractivity (Wildman–Crippen MR) is 99.7 cm³/mol. The number of carbonyl (C=O) groups excluding carboxylic acids is 1. The molecule has 0 spiro atoms. The van der Waals surface area contributed by atoms with E-state index >= 15 is 0 Å². The molecule has 0 aliphatic carbocycles. The number of thiophene rings is 1. The van der Waals surface area contributed by atoms with Crippen LogP contribution in [0.2, 0.25) is 0 Å². The third-order valence-electron chi connectivity index (χ3n) is 3.83. The van der Waals surface area contributed by atoms with Crippen LogP contribution in [-0.4, -0.2) is 23.6 Å². The van der Waals surface area contributed by atoms with Gasteiger partial charge in [-0.05, 0) is 69.0 Å². The van der Waals surface area contributed by atoms with Gasteiger partial charge < -0.3 is 15.2 Å². The van der Waals surface area contributed by atoms with Crippen molar-refractivity contribution in [3.63, 3.8) is 0 Å². The van der Waals surface area contributed by atoms with Gasteiger partial charge in [-0.3, -0.25) is 4.79 Å². The Kier molecular flexibility index (Phi) is 6.58. The molecule has 1 aromatic heterocycles. The van der Waals surface area contributed by atoms with Crippen LogP contribution in [0.4, 0.5) is 5.69 Å². The Morgan fingerprint density at radius 3 is 2.56 bits per heavy atom. The van der Waals surface area contributed by atoms with E-state index in [1.165, 1.54) is 15.3 Å². The van der Waals surface area contributed by atoms with E-state index < -0.39 is 5.97 Å². The highest BCUT2D eigenvalue weighted by Gasteiger charge is 2.08.